The van der Waals surface area contributed by atoms with Crippen LogP contribution in [0.5, 0.6) is 0 Å². The van der Waals surface area contributed by atoms with Crippen LogP contribution in [0.25, 0.3) is 5.57 Å². The van der Waals surface area contributed by atoms with Gasteiger partial charge in [-0.1, -0.05) is 36.4 Å². The van der Waals surface area contributed by atoms with Gasteiger partial charge in [0.15, 0.2) is 5.78 Å². The van der Waals surface area contributed by atoms with Crippen molar-refractivity contribution in [1.29, 1.82) is 0 Å². The highest BCUT2D eigenvalue weighted by Crippen LogP contribution is 2.50. The van der Waals surface area contributed by atoms with Crippen LogP contribution in [0, 0.1) is 11.8 Å². The zero-order valence-electron chi connectivity index (χ0n) is 7.23. The summed E-state index contributed by atoms with van der Waals surface area (Å²) in [6.07, 6.45) is 3.23. The number of hydrogen-bond donors (Lipinski definition) is 0. The third-order valence-electron chi connectivity index (χ3n) is 2.91. The molecule has 3 rings (SSSR count). The number of Topliss-reactive ketones (excluding diaryl/α,β-unsaturated/α-hetero) is 1. The third kappa shape index (κ3) is 0.966. The predicted molar refractivity (Wildman–Crippen MR) is 51.0 cm³/mol. The smallest absolute Gasteiger partial charge is 0.166 e. The van der Waals surface area contributed by atoms with Gasteiger partial charge in [-0.15, -0.1) is 0 Å². The van der Waals surface area contributed by atoms with Crippen LogP contribution >= 0.6 is 0 Å². The standard InChI is InChI=1S/C12H10O/c13-12-10(6-9-7-11(9)12)8-4-2-1-3-5-8/h1-6,9,11H,7H2/t9-,11+/m1/s1. The van der Waals surface area contributed by atoms with Gasteiger partial charge in [0.05, 0.1) is 0 Å². The minimum absolute atomic E-state index is 0.343. The van der Waals surface area contributed by atoms with E-state index in [1.54, 1.807) is 0 Å². The van der Waals surface area contributed by atoms with Crippen LogP contribution in [0.15, 0.2) is 36.4 Å². The maximum Gasteiger partial charge on any atom is 0.166 e. The fourth-order valence-electron chi connectivity index (χ4n) is 2.05. The third-order valence-corrected chi connectivity index (χ3v) is 2.91. The van der Waals surface area contributed by atoms with Crippen LogP contribution in [0.1, 0.15) is 12.0 Å². The molecule has 13 heavy (non-hydrogen) atoms. The minimum Gasteiger partial charge on any atom is -0.294 e. The average Bonchev–Trinajstić information content (AvgIpc) is 2.88. The van der Waals surface area contributed by atoms with Crippen LogP contribution < -0.4 is 0 Å². The maximum absolute atomic E-state index is 11.7. The molecule has 1 nitrogen and oxygen atoms in total. The molecule has 2 aliphatic carbocycles. The molecule has 2 atom stereocenters. The van der Waals surface area contributed by atoms with Crippen LogP contribution in [0.2, 0.25) is 0 Å². The number of fused-ring (bicyclic) bond motifs is 1. The Bertz CT molecular complexity index is 389. The monoisotopic (exact) mass is 170 g/mol. The van der Waals surface area contributed by atoms with Gasteiger partial charge in [0, 0.05) is 11.5 Å². The SMILES string of the molecule is O=C1C(c2ccccc2)=C[C@@H]2C[C@H]12. The molecule has 0 unspecified atom stereocenters. The Morgan fingerprint density at radius 2 is 1.92 bits per heavy atom. The normalized spacial score (nSPS) is 29.8. The molecule has 0 heterocycles. The molecule has 1 heteroatoms. The summed E-state index contributed by atoms with van der Waals surface area (Å²) in [5.41, 5.74) is 2.03. The Labute approximate surface area is 77.1 Å². The van der Waals surface area contributed by atoms with E-state index in [0.29, 0.717) is 17.6 Å². The first kappa shape index (κ1) is 7.07. The van der Waals surface area contributed by atoms with Gasteiger partial charge in [0.2, 0.25) is 0 Å². The Morgan fingerprint density at radius 3 is 2.54 bits per heavy atom. The second kappa shape index (κ2) is 2.32. The molecule has 0 saturated heterocycles. The molecule has 2 aliphatic rings. The van der Waals surface area contributed by atoms with Gasteiger partial charge >= 0.3 is 0 Å². The molecule has 0 aliphatic heterocycles. The molecule has 64 valence electrons. The van der Waals surface area contributed by atoms with Gasteiger partial charge in [-0.05, 0) is 17.9 Å². The van der Waals surface area contributed by atoms with Gasteiger partial charge < -0.3 is 0 Å². The van der Waals surface area contributed by atoms with Gasteiger partial charge in [0.25, 0.3) is 0 Å². The zero-order valence-corrected chi connectivity index (χ0v) is 7.23. The lowest BCUT2D eigenvalue weighted by atomic mass is 10.0. The van der Waals surface area contributed by atoms with Crippen molar-refractivity contribution in [2.75, 3.05) is 0 Å². The van der Waals surface area contributed by atoms with E-state index < -0.39 is 0 Å². The summed E-state index contributed by atoms with van der Waals surface area (Å²) < 4.78 is 0. The van der Waals surface area contributed by atoms with E-state index in [2.05, 4.69) is 6.08 Å². The number of carbonyl (C=O) groups is 1. The first-order valence-electron chi connectivity index (χ1n) is 4.68. The molecular formula is C12H10O. The quantitative estimate of drug-likeness (QED) is 0.632. The topological polar surface area (TPSA) is 17.1 Å². The minimum atomic E-state index is 0.343. The Kier molecular flexibility index (Phi) is 1.26. The zero-order chi connectivity index (χ0) is 8.84. The van der Waals surface area contributed by atoms with E-state index in [1.807, 2.05) is 30.3 Å². The number of ketones is 1. The second-order valence-electron chi connectivity index (χ2n) is 3.82. The van der Waals surface area contributed by atoms with Crippen molar-refractivity contribution in [3.05, 3.63) is 42.0 Å². The summed E-state index contributed by atoms with van der Waals surface area (Å²) in [5.74, 6) is 1.27. The van der Waals surface area contributed by atoms with Crippen molar-refractivity contribution in [1.82, 2.24) is 0 Å². The van der Waals surface area contributed by atoms with E-state index in [-0.39, 0.29) is 0 Å². The van der Waals surface area contributed by atoms with Crippen molar-refractivity contribution in [3.63, 3.8) is 0 Å². The summed E-state index contributed by atoms with van der Waals surface area (Å²) in [6.45, 7) is 0. The summed E-state index contributed by atoms with van der Waals surface area (Å²) in [4.78, 5) is 11.7. The van der Waals surface area contributed by atoms with Crippen LogP contribution in [-0.2, 0) is 4.79 Å². The molecule has 0 spiro atoms. The van der Waals surface area contributed by atoms with E-state index in [9.17, 15) is 4.79 Å². The summed E-state index contributed by atoms with van der Waals surface area (Å²) in [5, 5.41) is 0. The van der Waals surface area contributed by atoms with E-state index in [0.717, 1.165) is 17.6 Å². The van der Waals surface area contributed by atoms with Crippen molar-refractivity contribution < 1.29 is 4.79 Å². The molecule has 0 aromatic heterocycles. The lowest BCUT2D eigenvalue weighted by Crippen LogP contribution is -1.99. The fraction of sp³-hybridized carbons (Fsp3) is 0.250. The molecule has 1 aromatic rings. The van der Waals surface area contributed by atoms with Gasteiger partial charge in [-0.3, -0.25) is 4.79 Å². The van der Waals surface area contributed by atoms with E-state index in [4.69, 9.17) is 0 Å². The number of benzene rings is 1. The second-order valence-corrected chi connectivity index (χ2v) is 3.82. The first-order chi connectivity index (χ1) is 6.36. The molecule has 0 N–H and O–H groups in total. The maximum atomic E-state index is 11.7. The highest BCUT2D eigenvalue weighted by atomic mass is 16.1. The average molecular weight is 170 g/mol. The highest BCUT2D eigenvalue weighted by molar-refractivity contribution is 6.25. The largest absolute Gasteiger partial charge is 0.294 e. The van der Waals surface area contributed by atoms with Gasteiger partial charge in [-0.25, -0.2) is 0 Å². The molecule has 1 saturated carbocycles. The molecule has 1 aromatic carbocycles. The van der Waals surface area contributed by atoms with Crippen LogP contribution in [0.3, 0.4) is 0 Å². The molecule has 0 radical (unpaired) electrons. The molecule has 0 amide bonds. The van der Waals surface area contributed by atoms with Gasteiger partial charge in [0.1, 0.15) is 0 Å². The number of carbonyl (C=O) groups excluding carboxylic acids is 1. The Hall–Kier alpha value is -1.37. The van der Waals surface area contributed by atoms with Crippen LogP contribution in [-0.4, -0.2) is 5.78 Å². The van der Waals surface area contributed by atoms with Crippen molar-refractivity contribution in [3.8, 4) is 0 Å². The lowest BCUT2D eigenvalue weighted by Gasteiger charge is -2.01. The summed E-state index contributed by atoms with van der Waals surface area (Å²) in [6, 6.07) is 9.95. The van der Waals surface area contributed by atoms with Crippen LogP contribution in [0.4, 0.5) is 0 Å². The number of rotatable bonds is 1. The predicted octanol–water partition coefficient (Wildman–Crippen LogP) is 2.29. The summed E-state index contributed by atoms with van der Waals surface area (Å²) in [7, 11) is 0. The van der Waals surface area contributed by atoms with Crippen molar-refractivity contribution >= 4 is 11.4 Å². The number of allylic oxidation sites excluding steroid dienone is 2. The molecule has 1 fully saturated rings. The van der Waals surface area contributed by atoms with E-state index in [1.165, 1.54) is 0 Å². The summed E-state index contributed by atoms with van der Waals surface area (Å²) >= 11 is 0. The van der Waals surface area contributed by atoms with E-state index >= 15 is 0 Å². The Morgan fingerprint density at radius 1 is 1.15 bits per heavy atom. The van der Waals surface area contributed by atoms with Crippen molar-refractivity contribution in [2.45, 2.75) is 6.42 Å². The fourth-order valence-corrected chi connectivity index (χ4v) is 2.05. The van der Waals surface area contributed by atoms with Gasteiger partial charge in [-0.2, -0.15) is 0 Å². The van der Waals surface area contributed by atoms with Crippen molar-refractivity contribution in [2.24, 2.45) is 11.8 Å². The molecular weight excluding hydrogens is 160 g/mol. The highest BCUT2D eigenvalue weighted by Gasteiger charge is 2.47. The number of hydrogen-bond acceptors (Lipinski definition) is 1. The lowest BCUT2D eigenvalue weighted by molar-refractivity contribution is -0.114. The first-order valence-corrected chi connectivity index (χ1v) is 4.68. The molecule has 0 bridgehead atoms. The Balaban J connectivity index is 2.03.